The average molecular weight is 97.2 g/mol. The highest BCUT2D eigenvalue weighted by molar-refractivity contribution is 5.35. The van der Waals surface area contributed by atoms with Crippen molar-refractivity contribution in [1.82, 2.24) is 0 Å². The van der Waals surface area contributed by atoms with Gasteiger partial charge in [-0.2, -0.15) is 0 Å². The molecule has 1 rings (SSSR count). The summed E-state index contributed by atoms with van der Waals surface area (Å²) in [5.74, 6) is 0. The van der Waals surface area contributed by atoms with Gasteiger partial charge in [0.25, 0.3) is 0 Å². The minimum atomic E-state index is -0.175. The number of anilines is 1. The lowest BCUT2D eigenvalue weighted by molar-refractivity contribution is 1.69. The second-order valence-electron chi connectivity index (χ2n) is 1.10. The molecule has 0 amide bonds. The Morgan fingerprint density at radius 1 is 1.43 bits per heavy atom. The molecule has 2 N–H and O–H groups in total. The van der Waals surface area contributed by atoms with E-state index in [1.807, 2.05) is 0 Å². The van der Waals surface area contributed by atoms with E-state index >= 15 is 0 Å². The first-order valence-electron chi connectivity index (χ1n) is 3.87. The second-order valence-corrected chi connectivity index (χ2v) is 1.10. The van der Waals surface area contributed by atoms with Crippen LogP contribution in [0.4, 0.5) is 5.69 Å². The first-order chi connectivity index (χ1) is 5.04. The van der Waals surface area contributed by atoms with E-state index in [9.17, 15) is 0 Å². The lowest BCUT2D eigenvalue weighted by Gasteiger charge is -1.83. The van der Waals surface area contributed by atoms with Gasteiger partial charge in [-0.1, -0.05) is 18.2 Å². The predicted octanol–water partition coefficient (Wildman–Crippen LogP) is 1.27. The van der Waals surface area contributed by atoms with E-state index in [4.69, 9.17) is 11.2 Å². The van der Waals surface area contributed by atoms with Crippen molar-refractivity contribution in [2.75, 3.05) is 5.73 Å². The van der Waals surface area contributed by atoms with Crippen LogP contribution in [0.2, 0.25) is 0 Å². The normalized spacial score (nSPS) is 16.6. The van der Waals surface area contributed by atoms with Crippen LogP contribution < -0.4 is 5.73 Å². The van der Waals surface area contributed by atoms with Crippen molar-refractivity contribution in [2.24, 2.45) is 0 Å². The number of nitrogen functional groups attached to an aromatic ring is 1. The summed E-state index contributed by atoms with van der Waals surface area (Å²) in [6.45, 7) is 0. The van der Waals surface area contributed by atoms with E-state index in [0.29, 0.717) is 0 Å². The molecule has 7 heavy (non-hydrogen) atoms. The van der Waals surface area contributed by atoms with Crippen LogP contribution in [-0.2, 0) is 0 Å². The Morgan fingerprint density at radius 3 is 2.57 bits per heavy atom. The fraction of sp³-hybridized carbons (Fsp3) is 0. The van der Waals surface area contributed by atoms with Gasteiger partial charge in [0.15, 0.2) is 0 Å². The molecule has 0 spiro atoms. The summed E-state index contributed by atoms with van der Waals surface area (Å²) < 4.78 is 28.6. The summed E-state index contributed by atoms with van der Waals surface area (Å²) in [5, 5.41) is 0. The minimum absolute atomic E-state index is 0.0949. The highest BCUT2D eigenvalue weighted by atomic mass is 14.5. The van der Waals surface area contributed by atoms with Gasteiger partial charge in [-0.25, -0.2) is 0 Å². The van der Waals surface area contributed by atoms with Crippen LogP contribution in [0.3, 0.4) is 0 Å². The molecule has 0 unspecified atom stereocenters. The molecular formula is C6H7N. The van der Waals surface area contributed by atoms with Gasteiger partial charge < -0.3 is 5.73 Å². The van der Waals surface area contributed by atoms with Crippen molar-refractivity contribution in [3.05, 3.63) is 30.2 Å². The zero-order valence-corrected chi connectivity index (χ0v) is 3.65. The standard InChI is InChI=1S/C6H7N/c7-6-4-2-1-3-5-6/h1-5H,7H2/i2D,3D,4D,5D. The van der Waals surface area contributed by atoms with Crippen LogP contribution in [0.25, 0.3) is 0 Å². The summed E-state index contributed by atoms with van der Waals surface area (Å²) in [5.41, 5.74) is 5.17. The molecule has 0 atom stereocenters. The van der Waals surface area contributed by atoms with Crippen molar-refractivity contribution in [2.45, 2.75) is 0 Å². The van der Waals surface area contributed by atoms with Crippen molar-refractivity contribution in [3.63, 3.8) is 0 Å². The molecule has 0 aliphatic rings. The SMILES string of the molecule is [2H]c1cc([2H])c([2H])c(N)c1[2H]. The number of hydrogen-bond acceptors (Lipinski definition) is 1. The lowest BCUT2D eigenvalue weighted by atomic mass is 10.3. The van der Waals surface area contributed by atoms with Gasteiger partial charge in [0.05, 0.1) is 5.48 Å². The second kappa shape index (κ2) is 1.65. The van der Waals surface area contributed by atoms with E-state index in [1.165, 1.54) is 0 Å². The molecule has 0 bridgehead atoms. The molecule has 0 aromatic heterocycles. The third kappa shape index (κ3) is 0.929. The number of para-hydroxylation sites is 1. The van der Waals surface area contributed by atoms with E-state index < -0.39 is 0 Å². The van der Waals surface area contributed by atoms with Crippen LogP contribution in [0.15, 0.2) is 30.2 Å². The first kappa shape index (κ1) is 1.51. The summed E-state index contributed by atoms with van der Waals surface area (Å²) in [4.78, 5) is 0. The Balaban J connectivity index is 3.46. The summed E-state index contributed by atoms with van der Waals surface area (Å²) >= 11 is 0. The third-order valence-electron chi connectivity index (χ3n) is 0.558. The molecular weight excluding hydrogens is 86.1 g/mol. The van der Waals surface area contributed by atoms with E-state index in [1.54, 1.807) is 0 Å². The first-order valence-corrected chi connectivity index (χ1v) is 1.87. The number of nitrogens with two attached hydrogens (primary N) is 1. The summed E-state index contributed by atoms with van der Waals surface area (Å²) in [7, 11) is 0. The van der Waals surface area contributed by atoms with Gasteiger partial charge in [0.1, 0.15) is 0 Å². The Morgan fingerprint density at radius 2 is 2.00 bits per heavy atom. The van der Waals surface area contributed by atoms with Crippen LogP contribution in [-0.4, -0.2) is 0 Å². The molecule has 1 nitrogen and oxygen atoms in total. The topological polar surface area (TPSA) is 26.0 Å². The average Bonchev–Trinajstić information content (AvgIpc) is 1.97. The molecule has 1 aromatic rings. The van der Waals surface area contributed by atoms with Gasteiger partial charge in [0, 0.05) is 5.69 Å². The van der Waals surface area contributed by atoms with Crippen molar-refractivity contribution < 1.29 is 5.48 Å². The van der Waals surface area contributed by atoms with Gasteiger partial charge in [-0.15, -0.1) is 0 Å². The minimum Gasteiger partial charge on any atom is -0.399 e. The molecule has 0 fully saturated rings. The summed E-state index contributed by atoms with van der Waals surface area (Å²) in [6.07, 6.45) is 0. The molecule has 0 saturated heterocycles. The zero-order chi connectivity index (χ0) is 8.59. The molecule has 1 aromatic carbocycles. The van der Waals surface area contributed by atoms with Crippen LogP contribution in [0, 0.1) is 0 Å². The largest absolute Gasteiger partial charge is 0.399 e. The van der Waals surface area contributed by atoms with Gasteiger partial charge in [0.2, 0.25) is 0 Å². The number of rotatable bonds is 0. The fourth-order valence-electron chi connectivity index (χ4n) is 0.295. The Labute approximate surface area is 48.4 Å². The number of benzene rings is 1. The molecule has 0 radical (unpaired) electrons. The lowest BCUT2D eigenvalue weighted by Crippen LogP contribution is -1.79. The maximum absolute atomic E-state index is 7.17. The monoisotopic (exact) mass is 97.1 g/mol. The summed E-state index contributed by atoms with van der Waals surface area (Å²) in [6, 6.07) is 0.574. The van der Waals surface area contributed by atoms with Crippen LogP contribution in [0.5, 0.6) is 0 Å². The fourth-order valence-corrected chi connectivity index (χ4v) is 0.295. The van der Waals surface area contributed by atoms with Crippen molar-refractivity contribution in [3.8, 4) is 0 Å². The van der Waals surface area contributed by atoms with Gasteiger partial charge >= 0.3 is 0 Å². The molecule has 0 saturated carbocycles. The van der Waals surface area contributed by atoms with Crippen LogP contribution >= 0.6 is 0 Å². The maximum atomic E-state index is 7.17. The van der Waals surface area contributed by atoms with Gasteiger partial charge in [-0.3, -0.25) is 0 Å². The van der Waals surface area contributed by atoms with E-state index in [0.717, 1.165) is 6.07 Å². The Kier molecular flexibility index (Phi) is 0.355. The maximum Gasteiger partial charge on any atom is 0.0644 e. The van der Waals surface area contributed by atoms with Crippen LogP contribution in [0.1, 0.15) is 5.48 Å². The quantitative estimate of drug-likeness (QED) is 0.485. The highest BCUT2D eigenvalue weighted by Crippen LogP contribution is 1.95. The van der Waals surface area contributed by atoms with Crippen molar-refractivity contribution >= 4 is 5.69 Å². The number of hydrogen-bond donors (Lipinski definition) is 1. The Bertz CT molecular complexity index is 271. The molecule has 0 heterocycles. The Hall–Kier alpha value is -0.980. The predicted molar refractivity (Wildman–Crippen MR) is 30.9 cm³/mol. The molecule has 0 aliphatic carbocycles. The zero-order valence-electron chi connectivity index (χ0n) is 7.65. The van der Waals surface area contributed by atoms with Crippen molar-refractivity contribution in [1.29, 1.82) is 0 Å². The molecule has 36 valence electrons. The van der Waals surface area contributed by atoms with E-state index in [2.05, 4.69) is 0 Å². The highest BCUT2D eigenvalue weighted by Gasteiger charge is 1.72. The molecule has 0 aliphatic heterocycles. The molecule has 1 heteroatoms. The van der Waals surface area contributed by atoms with Gasteiger partial charge in [-0.05, 0) is 12.1 Å². The smallest absolute Gasteiger partial charge is 0.0644 e. The van der Waals surface area contributed by atoms with E-state index in [-0.39, 0.29) is 29.9 Å². The third-order valence-corrected chi connectivity index (χ3v) is 0.558.